The van der Waals surface area contributed by atoms with Gasteiger partial charge in [0.1, 0.15) is 11.6 Å². The molecule has 3 nitrogen and oxygen atoms in total. The van der Waals surface area contributed by atoms with Crippen molar-refractivity contribution in [1.82, 2.24) is 4.90 Å². The summed E-state index contributed by atoms with van der Waals surface area (Å²) in [5.74, 6) is -1.08. The smallest absolute Gasteiger partial charge is 0.129 e. The van der Waals surface area contributed by atoms with E-state index >= 15 is 0 Å². The van der Waals surface area contributed by atoms with Gasteiger partial charge in [-0.1, -0.05) is 13.0 Å². The van der Waals surface area contributed by atoms with E-state index in [-0.39, 0.29) is 11.6 Å². The first-order valence-corrected chi connectivity index (χ1v) is 7.49. The van der Waals surface area contributed by atoms with Crippen molar-refractivity contribution in [3.8, 4) is 0 Å². The van der Waals surface area contributed by atoms with E-state index in [1.165, 1.54) is 12.1 Å². The first-order chi connectivity index (χ1) is 9.97. The largest absolute Gasteiger partial charge is 0.379 e. The van der Waals surface area contributed by atoms with Gasteiger partial charge < -0.3 is 10.5 Å². The molecule has 1 saturated heterocycles. The molecule has 0 spiro atoms. The van der Waals surface area contributed by atoms with Gasteiger partial charge in [0.25, 0.3) is 0 Å². The van der Waals surface area contributed by atoms with Crippen LogP contribution in [0.15, 0.2) is 18.2 Å². The van der Waals surface area contributed by atoms with Crippen LogP contribution in [0.2, 0.25) is 0 Å². The second-order valence-corrected chi connectivity index (χ2v) is 5.86. The summed E-state index contributed by atoms with van der Waals surface area (Å²) in [5, 5.41) is 0. The minimum Gasteiger partial charge on any atom is -0.379 e. The van der Waals surface area contributed by atoms with E-state index in [2.05, 4.69) is 18.7 Å². The average Bonchev–Trinajstić information content (AvgIpc) is 2.50. The fraction of sp³-hybridized carbons (Fsp3) is 0.625. The number of benzene rings is 1. The van der Waals surface area contributed by atoms with Crippen molar-refractivity contribution in [3.63, 3.8) is 0 Å². The molecular formula is C16H24F2N2O. The third kappa shape index (κ3) is 3.59. The van der Waals surface area contributed by atoms with Gasteiger partial charge in [-0.25, -0.2) is 8.78 Å². The standard InChI is InChI=1S/C16H24F2N2O/c1-3-16(2,20-6-8-21-9-7-20)15(19)10-12-4-5-13(17)11-14(12)18/h4-5,11,15H,3,6-10,19H2,1-2H3. The molecular weight excluding hydrogens is 274 g/mol. The summed E-state index contributed by atoms with van der Waals surface area (Å²) in [4.78, 5) is 2.32. The summed E-state index contributed by atoms with van der Waals surface area (Å²) in [6, 6.07) is 3.46. The van der Waals surface area contributed by atoms with Crippen LogP contribution in [0.4, 0.5) is 8.78 Å². The monoisotopic (exact) mass is 298 g/mol. The summed E-state index contributed by atoms with van der Waals surface area (Å²) >= 11 is 0. The lowest BCUT2D eigenvalue weighted by Crippen LogP contribution is -2.61. The van der Waals surface area contributed by atoms with E-state index in [1.54, 1.807) is 0 Å². The molecule has 2 atom stereocenters. The minimum atomic E-state index is -0.559. The first kappa shape index (κ1) is 16.3. The van der Waals surface area contributed by atoms with Crippen LogP contribution in [0.1, 0.15) is 25.8 Å². The van der Waals surface area contributed by atoms with Crippen LogP contribution in [0.3, 0.4) is 0 Å². The number of morpholine rings is 1. The molecule has 1 aliphatic rings. The van der Waals surface area contributed by atoms with Gasteiger partial charge in [0.05, 0.1) is 13.2 Å². The molecule has 0 aromatic heterocycles. The van der Waals surface area contributed by atoms with Crippen LogP contribution >= 0.6 is 0 Å². The molecule has 5 heteroatoms. The molecule has 1 aliphatic heterocycles. The number of nitrogens with two attached hydrogens (primary N) is 1. The van der Waals surface area contributed by atoms with E-state index in [0.717, 1.165) is 25.6 Å². The highest BCUT2D eigenvalue weighted by Crippen LogP contribution is 2.26. The molecule has 2 rings (SSSR count). The average molecular weight is 298 g/mol. The number of hydrogen-bond donors (Lipinski definition) is 1. The maximum atomic E-state index is 13.8. The van der Waals surface area contributed by atoms with E-state index in [0.29, 0.717) is 25.2 Å². The van der Waals surface area contributed by atoms with Gasteiger partial charge in [0.15, 0.2) is 0 Å². The Morgan fingerprint density at radius 2 is 2.00 bits per heavy atom. The Morgan fingerprint density at radius 3 is 2.57 bits per heavy atom. The predicted molar refractivity (Wildman–Crippen MR) is 79.1 cm³/mol. The topological polar surface area (TPSA) is 38.5 Å². The van der Waals surface area contributed by atoms with Crippen molar-refractivity contribution >= 4 is 0 Å². The molecule has 0 aliphatic carbocycles. The van der Waals surface area contributed by atoms with Gasteiger partial charge in [0, 0.05) is 30.7 Å². The summed E-state index contributed by atoms with van der Waals surface area (Å²) < 4.78 is 32.2. The Morgan fingerprint density at radius 1 is 1.33 bits per heavy atom. The molecule has 1 aromatic rings. The highest BCUT2D eigenvalue weighted by molar-refractivity contribution is 5.20. The SMILES string of the molecule is CCC(C)(C(N)Cc1ccc(F)cc1F)N1CCOCC1. The third-order valence-corrected chi connectivity index (χ3v) is 4.70. The Balaban J connectivity index is 2.13. The van der Waals surface area contributed by atoms with E-state index < -0.39 is 11.6 Å². The maximum absolute atomic E-state index is 13.8. The van der Waals surface area contributed by atoms with Gasteiger partial charge >= 0.3 is 0 Å². The van der Waals surface area contributed by atoms with Gasteiger partial charge in [-0.15, -0.1) is 0 Å². The summed E-state index contributed by atoms with van der Waals surface area (Å²) in [6.07, 6.45) is 1.27. The molecule has 21 heavy (non-hydrogen) atoms. The second kappa shape index (κ2) is 6.81. The first-order valence-electron chi connectivity index (χ1n) is 7.49. The van der Waals surface area contributed by atoms with Gasteiger partial charge in [-0.2, -0.15) is 0 Å². The van der Waals surface area contributed by atoms with Crippen molar-refractivity contribution in [3.05, 3.63) is 35.4 Å². The van der Waals surface area contributed by atoms with Crippen molar-refractivity contribution in [2.24, 2.45) is 5.73 Å². The zero-order valence-corrected chi connectivity index (χ0v) is 12.7. The minimum absolute atomic E-state index is 0.218. The lowest BCUT2D eigenvalue weighted by Gasteiger charge is -2.46. The van der Waals surface area contributed by atoms with Crippen LogP contribution in [0.5, 0.6) is 0 Å². The lowest BCUT2D eigenvalue weighted by atomic mass is 9.83. The third-order valence-electron chi connectivity index (χ3n) is 4.70. The zero-order chi connectivity index (χ0) is 15.5. The lowest BCUT2D eigenvalue weighted by molar-refractivity contribution is -0.0273. The molecule has 1 aromatic carbocycles. The molecule has 0 saturated carbocycles. The number of hydrogen-bond acceptors (Lipinski definition) is 3. The molecule has 0 bridgehead atoms. The number of ether oxygens (including phenoxy) is 1. The molecule has 0 amide bonds. The number of rotatable bonds is 5. The zero-order valence-electron chi connectivity index (χ0n) is 12.7. The van der Waals surface area contributed by atoms with E-state index in [1.807, 2.05) is 0 Å². The molecule has 1 heterocycles. The van der Waals surface area contributed by atoms with Crippen molar-refractivity contribution < 1.29 is 13.5 Å². The molecule has 1 fully saturated rings. The Kier molecular flexibility index (Phi) is 5.30. The summed E-state index contributed by atoms with van der Waals surface area (Å²) in [5.41, 5.74) is 6.64. The molecule has 2 N–H and O–H groups in total. The van der Waals surface area contributed by atoms with Crippen LogP contribution in [0.25, 0.3) is 0 Å². The van der Waals surface area contributed by atoms with Gasteiger partial charge in [-0.3, -0.25) is 4.90 Å². The Hall–Kier alpha value is -1.04. The molecule has 2 unspecified atom stereocenters. The molecule has 118 valence electrons. The fourth-order valence-corrected chi connectivity index (χ4v) is 2.94. The number of nitrogens with zero attached hydrogens (tertiary/aromatic N) is 1. The highest BCUT2D eigenvalue weighted by atomic mass is 19.1. The van der Waals surface area contributed by atoms with Gasteiger partial charge in [-0.05, 0) is 31.4 Å². The number of halogens is 2. The maximum Gasteiger partial charge on any atom is 0.129 e. The van der Waals surface area contributed by atoms with Crippen molar-refractivity contribution in [1.29, 1.82) is 0 Å². The van der Waals surface area contributed by atoms with E-state index in [4.69, 9.17) is 10.5 Å². The van der Waals surface area contributed by atoms with Crippen LogP contribution in [0, 0.1) is 11.6 Å². The van der Waals surface area contributed by atoms with Crippen LogP contribution in [-0.4, -0.2) is 42.8 Å². The van der Waals surface area contributed by atoms with E-state index in [9.17, 15) is 8.78 Å². The molecule has 0 radical (unpaired) electrons. The van der Waals surface area contributed by atoms with Crippen LogP contribution < -0.4 is 5.73 Å². The predicted octanol–water partition coefficient (Wildman–Crippen LogP) is 2.34. The Bertz CT molecular complexity index is 477. The fourth-order valence-electron chi connectivity index (χ4n) is 2.94. The summed E-state index contributed by atoms with van der Waals surface area (Å²) in [6.45, 7) is 7.29. The van der Waals surface area contributed by atoms with Crippen LogP contribution in [-0.2, 0) is 11.2 Å². The van der Waals surface area contributed by atoms with Gasteiger partial charge in [0.2, 0.25) is 0 Å². The summed E-state index contributed by atoms with van der Waals surface area (Å²) in [7, 11) is 0. The normalized spacial score (nSPS) is 21.0. The van der Waals surface area contributed by atoms with Crippen molar-refractivity contribution in [2.45, 2.75) is 38.3 Å². The highest BCUT2D eigenvalue weighted by Gasteiger charge is 2.37. The Labute approximate surface area is 125 Å². The van der Waals surface area contributed by atoms with Crippen molar-refractivity contribution in [2.75, 3.05) is 26.3 Å². The quantitative estimate of drug-likeness (QED) is 0.907. The second-order valence-electron chi connectivity index (χ2n) is 5.86.